The van der Waals surface area contributed by atoms with Gasteiger partial charge in [-0.15, -0.1) is 0 Å². The lowest BCUT2D eigenvalue weighted by Crippen LogP contribution is -2.50. The Hall–Kier alpha value is -1.35. The summed E-state index contributed by atoms with van der Waals surface area (Å²) < 4.78 is 0. The van der Waals surface area contributed by atoms with Gasteiger partial charge in [-0.3, -0.25) is 4.79 Å². The fourth-order valence-corrected chi connectivity index (χ4v) is 6.16. The second-order valence-electron chi connectivity index (χ2n) is 9.28. The van der Waals surface area contributed by atoms with Gasteiger partial charge in [0.1, 0.15) is 0 Å². The van der Waals surface area contributed by atoms with Crippen LogP contribution in [0.25, 0.3) is 0 Å². The van der Waals surface area contributed by atoms with E-state index in [9.17, 15) is 4.79 Å². The summed E-state index contributed by atoms with van der Waals surface area (Å²) in [5.41, 5.74) is 9.36. The number of rotatable bonds is 3. The van der Waals surface area contributed by atoms with Gasteiger partial charge in [0.2, 0.25) is 5.91 Å². The lowest BCUT2D eigenvalue weighted by molar-refractivity contribution is -0.142. The Morgan fingerprint density at radius 3 is 2.42 bits per heavy atom. The Kier molecular flexibility index (Phi) is 4.31. The molecule has 140 valence electrons. The molecule has 4 aliphatic carbocycles. The molecule has 3 heteroatoms. The van der Waals surface area contributed by atoms with Gasteiger partial charge in [-0.2, -0.15) is 0 Å². The summed E-state index contributed by atoms with van der Waals surface area (Å²) in [7, 11) is 0. The molecule has 4 aliphatic rings. The Morgan fingerprint density at radius 1 is 0.962 bits per heavy atom. The van der Waals surface area contributed by atoms with Crippen LogP contribution in [-0.2, 0) is 11.2 Å². The van der Waals surface area contributed by atoms with Crippen molar-refractivity contribution < 1.29 is 4.79 Å². The van der Waals surface area contributed by atoms with Crippen molar-refractivity contribution in [2.45, 2.75) is 82.3 Å². The maximum absolute atomic E-state index is 13.7. The molecular weight excluding hydrogens is 320 g/mol. The van der Waals surface area contributed by atoms with Crippen LogP contribution in [-0.4, -0.2) is 22.9 Å². The zero-order valence-electron chi connectivity index (χ0n) is 15.8. The number of hydrogen-bond acceptors (Lipinski definition) is 2. The highest BCUT2D eigenvalue weighted by Gasteiger charge is 2.46. The van der Waals surface area contributed by atoms with Crippen LogP contribution in [0.4, 0.5) is 0 Å². The van der Waals surface area contributed by atoms with Crippen molar-refractivity contribution in [1.82, 2.24) is 4.90 Å². The van der Waals surface area contributed by atoms with Crippen LogP contribution >= 0.6 is 0 Å². The van der Waals surface area contributed by atoms with Crippen LogP contribution < -0.4 is 5.73 Å². The van der Waals surface area contributed by atoms with E-state index in [1.54, 1.807) is 0 Å². The van der Waals surface area contributed by atoms with Gasteiger partial charge in [0, 0.05) is 18.0 Å². The van der Waals surface area contributed by atoms with E-state index in [4.69, 9.17) is 5.73 Å². The van der Waals surface area contributed by atoms with Crippen LogP contribution in [0, 0.1) is 17.8 Å². The number of nitrogens with zero attached hydrogens (tertiary/aromatic N) is 1. The SMILES string of the molecule is NC1C2CCCC1CC(C(=O)N(C1CC1)C1CCCc3ccccc31)C2. The Morgan fingerprint density at radius 2 is 1.69 bits per heavy atom. The summed E-state index contributed by atoms with van der Waals surface area (Å²) in [6.07, 6.45) is 11.8. The lowest BCUT2D eigenvalue weighted by atomic mass is 9.64. The second-order valence-corrected chi connectivity index (χ2v) is 9.28. The van der Waals surface area contributed by atoms with Crippen molar-refractivity contribution in [2.24, 2.45) is 23.5 Å². The lowest BCUT2D eigenvalue weighted by Gasteiger charge is -2.46. The molecule has 5 rings (SSSR count). The molecule has 1 amide bonds. The third-order valence-corrected chi connectivity index (χ3v) is 7.63. The number of amides is 1. The molecule has 26 heavy (non-hydrogen) atoms. The first-order chi connectivity index (χ1) is 12.7. The predicted octanol–water partition coefficient (Wildman–Crippen LogP) is 4.21. The fourth-order valence-electron chi connectivity index (χ4n) is 6.16. The number of benzene rings is 1. The van der Waals surface area contributed by atoms with Crippen molar-refractivity contribution in [3.8, 4) is 0 Å². The van der Waals surface area contributed by atoms with E-state index in [2.05, 4.69) is 29.2 Å². The molecule has 2 bridgehead atoms. The quantitative estimate of drug-likeness (QED) is 0.886. The van der Waals surface area contributed by atoms with Crippen molar-refractivity contribution in [3.05, 3.63) is 35.4 Å². The third-order valence-electron chi connectivity index (χ3n) is 7.63. The summed E-state index contributed by atoms with van der Waals surface area (Å²) in [4.78, 5) is 16.1. The summed E-state index contributed by atoms with van der Waals surface area (Å²) >= 11 is 0. The molecule has 2 N–H and O–H groups in total. The van der Waals surface area contributed by atoms with E-state index in [0.717, 1.165) is 19.3 Å². The highest BCUT2D eigenvalue weighted by Crippen LogP contribution is 2.46. The number of nitrogens with two attached hydrogens (primary N) is 1. The van der Waals surface area contributed by atoms with Crippen molar-refractivity contribution in [2.75, 3.05) is 0 Å². The van der Waals surface area contributed by atoms with Gasteiger partial charge in [-0.25, -0.2) is 0 Å². The molecule has 0 radical (unpaired) electrons. The standard InChI is InChI=1S/C23H32N2O/c24-22-16-7-3-8-17(22)14-18(13-16)23(26)25(19-11-12-19)21-10-4-6-15-5-1-2-9-20(15)21/h1-2,5,9,16-19,21-22H,3-4,6-8,10-14,24H2. The Labute approximate surface area is 157 Å². The minimum atomic E-state index is 0.222. The maximum atomic E-state index is 13.7. The molecule has 0 saturated heterocycles. The minimum Gasteiger partial charge on any atom is -0.332 e. The molecule has 1 aromatic rings. The topological polar surface area (TPSA) is 46.3 Å². The fraction of sp³-hybridized carbons (Fsp3) is 0.696. The molecule has 0 spiro atoms. The number of carbonyl (C=O) groups excluding carboxylic acids is 1. The molecule has 0 heterocycles. The Balaban J connectivity index is 1.41. The number of hydrogen-bond donors (Lipinski definition) is 1. The average molecular weight is 353 g/mol. The molecule has 3 saturated carbocycles. The second kappa shape index (κ2) is 6.67. The largest absolute Gasteiger partial charge is 0.332 e. The average Bonchev–Trinajstić information content (AvgIpc) is 3.47. The first-order valence-electron chi connectivity index (χ1n) is 10.9. The monoisotopic (exact) mass is 352 g/mol. The number of aryl methyl sites for hydroxylation is 1. The van der Waals surface area contributed by atoms with Crippen molar-refractivity contribution in [1.29, 1.82) is 0 Å². The summed E-state index contributed by atoms with van der Waals surface area (Å²) in [5.74, 6) is 1.84. The first kappa shape index (κ1) is 16.8. The van der Waals surface area contributed by atoms with E-state index in [1.807, 2.05) is 0 Å². The van der Waals surface area contributed by atoms with E-state index >= 15 is 0 Å². The van der Waals surface area contributed by atoms with Gasteiger partial charge in [0.15, 0.2) is 0 Å². The summed E-state index contributed by atoms with van der Waals surface area (Å²) in [6.45, 7) is 0. The van der Waals surface area contributed by atoms with E-state index < -0.39 is 0 Å². The number of carbonyl (C=O) groups is 1. The van der Waals surface area contributed by atoms with E-state index in [-0.39, 0.29) is 5.92 Å². The van der Waals surface area contributed by atoms with Gasteiger partial charge >= 0.3 is 0 Å². The van der Waals surface area contributed by atoms with Gasteiger partial charge in [0.05, 0.1) is 6.04 Å². The van der Waals surface area contributed by atoms with Gasteiger partial charge in [-0.05, 0) is 80.8 Å². The maximum Gasteiger partial charge on any atom is 0.226 e. The van der Waals surface area contributed by atoms with E-state index in [1.165, 1.54) is 56.1 Å². The minimum absolute atomic E-state index is 0.222. The van der Waals surface area contributed by atoms with E-state index in [0.29, 0.717) is 35.9 Å². The number of fused-ring (bicyclic) bond motifs is 3. The zero-order valence-corrected chi connectivity index (χ0v) is 15.8. The summed E-state index contributed by atoms with van der Waals surface area (Å²) in [5, 5.41) is 0. The molecular formula is C23H32N2O. The van der Waals surface area contributed by atoms with Crippen LogP contribution in [0.15, 0.2) is 24.3 Å². The third kappa shape index (κ3) is 2.89. The first-order valence-corrected chi connectivity index (χ1v) is 10.9. The normalized spacial score (nSPS) is 36.3. The van der Waals surface area contributed by atoms with Gasteiger partial charge < -0.3 is 10.6 Å². The molecule has 0 aromatic heterocycles. The molecule has 3 atom stereocenters. The Bertz CT molecular complexity index is 669. The smallest absolute Gasteiger partial charge is 0.226 e. The van der Waals surface area contributed by atoms with Crippen LogP contribution in [0.2, 0.25) is 0 Å². The van der Waals surface area contributed by atoms with Crippen LogP contribution in [0.5, 0.6) is 0 Å². The molecule has 1 aromatic carbocycles. The molecule has 0 aliphatic heterocycles. The molecule has 3 nitrogen and oxygen atoms in total. The van der Waals surface area contributed by atoms with Gasteiger partial charge in [-0.1, -0.05) is 30.7 Å². The summed E-state index contributed by atoms with van der Waals surface area (Å²) in [6, 6.07) is 9.99. The molecule has 3 unspecified atom stereocenters. The van der Waals surface area contributed by atoms with Crippen molar-refractivity contribution >= 4 is 5.91 Å². The van der Waals surface area contributed by atoms with Crippen molar-refractivity contribution in [3.63, 3.8) is 0 Å². The predicted molar refractivity (Wildman–Crippen MR) is 104 cm³/mol. The zero-order chi connectivity index (χ0) is 17.7. The van der Waals surface area contributed by atoms with Crippen LogP contribution in [0.1, 0.15) is 75.0 Å². The highest BCUT2D eigenvalue weighted by atomic mass is 16.2. The molecule has 3 fully saturated rings. The highest BCUT2D eigenvalue weighted by molar-refractivity contribution is 5.80. The van der Waals surface area contributed by atoms with Crippen LogP contribution in [0.3, 0.4) is 0 Å². The van der Waals surface area contributed by atoms with Gasteiger partial charge in [0.25, 0.3) is 0 Å².